The molecule has 1 unspecified atom stereocenters. The zero-order valence-corrected chi connectivity index (χ0v) is 18.3. The molecule has 2 aromatic carbocycles. The fraction of sp³-hybridized carbons (Fsp3) is 0.417. The van der Waals surface area contributed by atoms with Crippen LogP contribution >= 0.6 is 0 Å². The summed E-state index contributed by atoms with van der Waals surface area (Å²) in [4.78, 5) is 29.5. The van der Waals surface area contributed by atoms with Gasteiger partial charge in [-0.3, -0.25) is 9.59 Å². The molecular formula is C24H29N3O4. The van der Waals surface area contributed by atoms with Crippen molar-refractivity contribution in [2.75, 3.05) is 49.0 Å². The van der Waals surface area contributed by atoms with Crippen LogP contribution in [0.15, 0.2) is 36.4 Å². The number of carbonyl (C=O) groups is 2. The molecule has 2 aromatic rings. The number of ether oxygens (including phenoxy) is 2. The van der Waals surface area contributed by atoms with Crippen LogP contribution in [0.2, 0.25) is 0 Å². The third-order valence-corrected chi connectivity index (χ3v) is 6.11. The van der Waals surface area contributed by atoms with Crippen molar-refractivity contribution < 1.29 is 19.1 Å². The van der Waals surface area contributed by atoms with Gasteiger partial charge < -0.3 is 24.6 Å². The van der Waals surface area contributed by atoms with Crippen molar-refractivity contribution in [3.05, 3.63) is 42.0 Å². The van der Waals surface area contributed by atoms with Crippen molar-refractivity contribution in [1.82, 2.24) is 0 Å². The van der Waals surface area contributed by atoms with Gasteiger partial charge in [0, 0.05) is 49.2 Å². The predicted molar refractivity (Wildman–Crippen MR) is 121 cm³/mol. The van der Waals surface area contributed by atoms with E-state index in [2.05, 4.69) is 22.3 Å². The minimum Gasteiger partial charge on any atom is -0.493 e. The van der Waals surface area contributed by atoms with E-state index in [1.807, 2.05) is 13.0 Å². The largest absolute Gasteiger partial charge is 0.493 e. The third-order valence-electron chi connectivity index (χ3n) is 6.11. The molecule has 0 bridgehead atoms. The Morgan fingerprint density at radius 3 is 2.39 bits per heavy atom. The smallest absolute Gasteiger partial charge is 0.229 e. The zero-order chi connectivity index (χ0) is 22.0. The monoisotopic (exact) mass is 423 g/mol. The molecule has 0 aliphatic carbocycles. The number of methoxy groups -OCH3 is 2. The second-order valence-electron chi connectivity index (χ2n) is 8.13. The molecule has 0 spiro atoms. The minimum atomic E-state index is -0.404. The number of carbonyl (C=O) groups excluding carboxylic acids is 2. The molecule has 7 heteroatoms. The topological polar surface area (TPSA) is 71.1 Å². The van der Waals surface area contributed by atoms with Crippen molar-refractivity contribution in [3.63, 3.8) is 0 Å². The number of nitrogens with one attached hydrogen (secondary N) is 1. The molecule has 0 radical (unpaired) electrons. The second-order valence-corrected chi connectivity index (χ2v) is 8.13. The fourth-order valence-corrected chi connectivity index (χ4v) is 4.32. The number of rotatable bonds is 6. The van der Waals surface area contributed by atoms with Crippen LogP contribution in [-0.4, -0.2) is 45.7 Å². The summed E-state index contributed by atoms with van der Waals surface area (Å²) < 4.78 is 10.6. The molecule has 0 saturated carbocycles. The predicted octanol–water partition coefficient (Wildman–Crippen LogP) is 3.60. The van der Waals surface area contributed by atoms with Crippen molar-refractivity contribution in [3.8, 4) is 11.5 Å². The molecule has 2 aliphatic heterocycles. The summed E-state index contributed by atoms with van der Waals surface area (Å²) >= 11 is 0. The van der Waals surface area contributed by atoms with Crippen LogP contribution in [0.5, 0.6) is 11.5 Å². The van der Waals surface area contributed by atoms with Crippen LogP contribution in [0.3, 0.4) is 0 Å². The van der Waals surface area contributed by atoms with Gasteiger partial charge in [0.2, 0.25) is 11.8 Å². The average Bonchev–Trinajstić information content (AvgIpc) is 3.44. The first-order valence-electron chi connectivity index (χ1n) is 10.7. The molecule has 1 N–H and O–H groups in total. The summed E-state index contributed by atoms with van der Waals surface area (Å²) in [6, 6.07) is 11.5. The molecule has 2 saturated heterocycles. The van der Waals surface area contributed by atoms with Gasteiger partial charge in [-0.25, -0.2) is 0 Å². The van der Waals surface area contributed by atoms with E-state index in [4.69, 9.17) is 9.47 Å². The molecule has 31 heavy (non-hydrogen) atoms. The molecule has 2 aliphatic rings. The maximum Gasteiger partial charge on any atom is 0.229 e. The van der Waals surface area contributed by atoms with Crippen LogP contribution in [-0.2, 0) is 9.59 Å². The van der Waals surface area contributed by atoms with Gasteiger partial charge in [0.15, 0.2) is 11.5 Å². The molecule has 2 amide bonds. The molecular weight excluding hydrogens is 394 g/mol. The number of hydrogen-bond donors (Lipinski definition) is 1. The highest BCUT2D eigenvalue weighted by molar-refractivity contribution is 6.03. The van der Waals surface area contributed by atoms with Gasteiger partial charge in [0.1, 0.15) is 0 Å². The van der Waals surface area contributed by atoms with Gasteiger partial charge in [-0.05, 0) is 55.7 Å². The van der Waals surface area contributed by atoms with Crippen LogP contribution < -0.4 is 24.6 Å². The van der Waals surface area contributed by atoms with Crippen LogP contribution in [0.25, 0.3) is 0 Å². The van der Waals surface area contributed by atoms with E-state index in [0.717, 1.165) is 24.3 Å². The normalized spacial score (nSPS) is 18.4. The lowest BCUT2D eigenvalue weighted by atomic mass is 10.1. The highest BCUT2D eigenvalue weighted by atomic mass is 16.5. The highest BCUT2D eigenvalue weighted by Crippen LogP contribution is 2.34. The molecule has 4 rings (SSSR count). The van der Waals surface area contributed by atoms with Crippen LogP contribution in [0.4, 0.5) is 17.1 Å². The average molecular weight is 424 g/mol. The molecule has 7 nitrogen and oxygen atoms in total. The number of amides is 2. The Morgan fingerprint density at radius 1 is 1.00 bits per heavy atom. The first-order valence-corrected chi connectivity index (χ1v) is 10.7. The maximum atomic E-state index is 12.9. The Labute approximate surface area is 182 Å². The van der Waals surface area contributed by atoms with E-state index in [1.54, 1.807) is 37.3 Å². The van der Waals surface area contributed by atoms with E-state index < -0.39 is 5.92 Å². The Morgan fingerprint density at radius 2 is 1.71 bits per heavy atom. The van der Waals surface area contributed by atoms with Gasteiger partial charge in [0.05, 0.1) is 20.1 Å². The fourth-order valence-electron chi connectivity index (χ4n) is 4.32. The first-order chi connectivity index (χ1) is 15.0. The van der Waals surface area contributed by atoms with E-state index >= 15 is 0 Å². The van der Waals surface area contributed by atoms with Crippen molar-refractivity contribution >= 4 is 28.9 Å². The van der Waals surface area contributed by atoms with E-state index in [9.17, 15) is 9.59 Å². The lowest BCUT2D eigenvalue weighted by Crippen LogP contribution is -2.28. The number of nitrogens with zero attached hydrogens (tertiary/aromatic N) is 2. The summed E-state index contributed by atoms with van der Waals surface area (Å²) in [6.07, 6.45) is 2.64. The van der Waals surface area contributed by atoms with Crippen molar-refractivity contribution in [2.45, 2.75) is 26.2 Å². The van der Waals surface area contributed by atoms with Crippen molar-refractivity contribution in [1.29, 1.82) is 0 Å². The van der Waals surface area contributed by atoms with E-state index in [-0.39, 0.29) is 18.2 Å². The summed E-state index contributed by atoms with van der Waals surface area (Å²) in [5.74, 6) is 0.537. The standard InChI is InChI=1S/C24H29N3O4/c1-16-12-18(26-10-4-5-11-26)6-8-20(16)25-24(29)17-13-23(28)27(15-17)19-7-9-21(30-2)22(14-19)31-3/h6-9,12,14,17H,4-5,10-11,13,15H2,1-3H3,(H,25,29). The van der Waals surface area contributed by atoms with Gasteiger partial charge >= 0.3 is 0 Å². The van der Waals surface area contributed by atoms with Crippen LogP contribution in [0.1, 0.15) is 24.8 Å². The van der Waals surface area contributed by atoms with Gasteiger partial charge in [-0.15, -0.1) is 0 Å². The molecule has 2 fully saturated rings. The Balaban J connectivity index is 1.44. The lowest BCUT2D eigenvalue weighted by Gasteiger charge is -2.20. The molecule has 1 atom stereocenters. The SMILES string of the molecule is COc1ccc(N2CC(C(=O)Nc3ccc(N4CCCC4)cc3C)CC2=O)cc1OC. The van der Waals surface area contributed by atoms with Crippen molar-refractivity contribution in [2.24, 2.45) is 5.92 Å². The maximum absolute atomic E-state index is 12.9. The Kier molecular flexibility index (Phi) is 6.02. The Hall–Kier alpha value is -3.22. The molecule has 164 valence electrons. The van der Waals surface area contributed by atoms with Gasteiger partial charge in [0.25, 0.3) is 0 Å². The van der Waals surface area contributed by atoms with E-state index in [0.29, 0.717) is 23.7 Å². The number of hydrogen-bond acceptors (Lipinski definition) is 5. The van der Waals surface area contributed by atoms with Gasteiger partial charge in [-0.2, -0.15) is 0 Å². The molecule has 0 aromatic heterocycles. The quantitative estimate of drug-likeness (QED) is 0.769. The first kappa shape index (κ1) is 21.0. The number of benzene rings is 2. The summed E-state index contributed by atoms with van der Waals surface area (Å²) in [6.45, 7) is 4.51. The zero-order valence-electron chi connectivity index (χ0n) is 18.3. The highest BCUT2D eigenvalue weighted by Gasteiger charge is 2.35. The number of aryl methyl sites for hydroxylation is 1. The summed E-state index contributed by atoms with van der Waals surface area (Å²) in [5, 5.41) is 3.02. The minimum absolute atomic E-state index is 0.0755. The third kappa shape index (κ3) is 4.31. The summed E-state index contributed by atoms with van der Waals surface area (Å²) in [7, 11) is 3.12. The van der Waals surface area contributed by atoms with E-state index in [1.165, 1.54) is 18.5 Å². The molecule has 2 heterocycles. The lowest BCUT2D eigenvalue weighted by molar-refractivity contribution is -0.122. The second kappa shape index (κ2) is 8.88. The Bertz CT molecular complexity index is 985. The summed E-state index contributed by atoms with van der Waals surface area (Å²) in [5.41, 5.74) is 3.72. The van der Waals surface area contributed by atoms with Gasteiger partial charge in [-0.1, -0.05) is 0 Å². The number of anilines is 3. The van der Waals surface area contributed by atoms with Crippen LogP contribution in [0, 0.1) is 12.8 Å².